The molecule has 0 bridgehead atoms. The predicted molar refractivity (Wildman–Crippen MR) is 80.3 cm³/mol. The summed E-state index contributed by atoms with van der Waals surface area (Å²) in [6, 6.07) is 5.87. The SMILES string of the molecule is CCCOc1ccc(CCN)c(OCc2cn(C)nn2)c1. The second kappa shape index (κ2) is 7.64. The van der Waals surface area contributed by atoms with Gasteiger partial charge in [0.1, 0.15) is 23.8 Å². The number of aromatic nitrogens is 3. The standard InChI is InChI=1S/C15H22N4O2/c1-3-8-20-14-5-4-12(6-7-16)15(9-14)21-11-13-10-19(2)18-17-13/h4-5,9-10H,3,6-8,11,16H2,1-2H3. The minimum absolute atomic E-state index is 0.378. The average Bonchev–Trinajstić information content (AvgIpc) is 2.90. The van der Waals surface area contributed by atoms with Crippen LogP contribution >= 0.6 is 0 Å². The van der Waals surface area contributed by atoms with Crippen molar-refractivity contribution in [2.24, 2.45) is 12.8 Å². The lowest BCUT2D eigenvalue weighted by molar-refractivity contribution is 0.289. The summed E-state index contributed by atoms with van der Waals surface area (Å²) >= 11 is 0. The number of aryl methyl sites for hydroxylation is 1. The van der Waals surface area contributed by atoms with Crippen LogP contribution in [-0.2, 0) is 20.1 Å². The van der Waals surface area contributed by atoms with Gasteiger partial charge < -0.3 is 15.2 Å². The third-order valence-electron chi connectivity index (χ3n) is 2.95. The maximum atomic E-state index is 5.86. The van der Waals surface area contributed by atoms with Crippen LogP contribution in [-0.4, -0.2) is 28.1 Å². The molecule has 0 amide bonds. The Morgan fingerprint density at radius 2 is 2.14 bits per heavy atom. The van der Waals surface area contributed by atoms with E-state index in [1.807, 2.05) is 31.4 Å². The van der Waals surface area contributed by atoms with E-state index < -0.39 is 0 Å². The topological polar surface area (TPSA) is 75.2 Å². The van der Waals surface area contributed by atoms with Crippen molar-refractivity contribution in [3.63, 3.8) is 0 Å². The first-order chi connectivity index (χ1) is 10.2. The molecule has 0 radical (unpaired) electrons. The molecular weight excluding hydrogens is 268 g/mol. The molecule has 0 atom stereocenters. The van der Waals surface area contributed by atoms with E-state index in [4.69, 9.17) is 15.2 Å². The highest BCUT2D eigenvalue weighted by Gasteiger charge is 2.07. The maximum Gasteiger partial charge on any atom is 0.134 e. The lowest BCUT2D eigenvalue weighted by atomic mass is 10.1. The maximum absolute atomic E-state index is 5.86. The highest BCUT2D eigenvalue weighted by atomic mass is 16.5. The lowest BCUT2D eigenvalue weighted by Gasteiger charge is -2.12. The largest absolute Gasteiger partial charge is 0.493 e. The molecule has 0 saturated heterocycles. The van der Waals surface area contributed by atoms with E-state index in [-0.39, 0.29) is 0 Å². The highest BCUT2D eigenvalue weighted by molar-refractivity contribution is 5.41. The van der Waals surface area contributed by atoms with Crippen LogP contribution in [0.25, 0.3) is 0 Å². The molecule has 6 nitrogen and oxygen atoms in total. The Kier molecular flexibility index (Phi) is 5.57. The second-order valence-electron chi connectivity index (χ2n) is 4.83. The van der Waals surface area contributed by atoms with Crippen molar-refractivity contribution in [3.8, 4) is 11.5 Å². The van der Waals surface area contributed by atoms with Crippen LogP contribution in [0.1, 0.15) is 24.6 Å². The number of rotatable bonds is 8. The molecule has 0 aliphatic carbocycles. The summed E-state index contributed by atoms with van der Waals surface area (Å²) in [4.78, 5) is 0. The lowest BCUT2D eigenvalue weighted by Crippen LogP contribution is -2.06. The monoisotopic (exact) mass is 290 g/mol. The first kappa shape index (κ1) is 15.3. The molecule has 1 aromatic heterocycles. The molecule has 2 aromatic rings. The molecule has 0 aliphatic heterocycles. The predicted octanol–water partition coefficient (Wildman–Crippen LogP) is 1.68. The Morgan fingerprint density at radius 3 is 2.81 bits per heavy atom. The second-order valence-corrected chi connectivity index (χ2v) is 4.83. The summed E-state index contributed by atoms with van der Waals surface area (Å²) < 4.78 is 13.2. The van der Waals surface area contributed by atoms with Gasteiger partial charge in [-0.25, -0.2) is 0 Å². The molecule has 114 valence electrons. The van der Waals surface area contributed by atoms with Gasteiger partial charge in [0.2, 0.25) is 0 Å². The van der Waals surface area contributed by atoms with Gasteiger partial charge in [-0.15, -0.1) is 5.10 Å². The zero-order chi connectivity index (χ0) is 15.1. The normalized spacial score (nSPS) is 10.6. The first-order valence-corrected chi connectivity index (χ1v) is 7.16. The Hall–Kier alpha value is -2.08. The van der Waals surface area contributed by atoms with Gasteiger partial charge in [-0.2, -0.15) is 0 Å². The van der Waals surface area contributed by atoms with Crippen molar-refractivity contribution in [2.45, 2.75) is 26.4 Å². The van der Waals surface area contributed by atoms with E-state index in [0.29, 0.717) is 19.8 Å². The molecule has 0 unspecified atom stereocenters. The average molecular weight is 290 g/mol. The van der Waals surface area contributed by atoms with Crippen LogP contribution in [0.4, 0.5) is 0 Å². The molecule has 2 N–H and O–H groups in total. The number of benzene rings is 1. The molecule has 0 spiro atoms. The Balaban J connectivity index is 2.09. The number of nitrogens with two attached hydrogens (primary N) is 1. The van der Waals surface area contributed by atoms with E-state index in [2.05, 4.69) is 17.2 Å². The summed E-state index contributed by atoms with van der Waals surface area (Å²) in [5, 5.41) is 7.90. The quantitative estimate of drug-likeness (QED) is 0.800. The fraction of sp³-hybridized carbons (Fsp3) is 0.467. The fourth-order valence-corrected chi connectivity index (χ4v) is 1.95. The zero-order valence-corrected chi connectivity index (χ0v) is 12.6. The van der Waals surface area contributed by atoms with Crippen LogP contribution in [0.2, 0.25) is 0 Å². The van der Waals surface area contributed by atoms with E-state index in [0.717, 1.165) is 35.6 Å². The van der Waals surface area contributed by atoms with Crippen molar-refractivity contribution in [2.75, 3.05) is 13.2 Å². The molecule has 0 saturated carbocycles. The summed E-state index contributed by atoms with van der Waals surface area (Å²) in [5.74, 6) is 1.60. The first-order valence-electron chi connectivity index (χ1n) is 7.16. The van der Waals surface area contributed by atoms with E-state index in [1.165, 1.54) is 0 Å². The summed E-state index contributed by atoms with van der Waals surface area (Å²) in [5.41, 5.74) is 7.51. The Morgan fingerprint density at radius 1 is 1.29 bits per heavy atom. The van der Waals surface area contributed by atoms with Crippen molar-refractivity contribution in [3.05, 3.63) is 35.7 Å². The van der Waals surface area contributed by atoms with Crippen LogP contribution in [0.15, 0.2) is 24.4 Å². The molecular formula is C15H22N4O2. The van der Waals surface area contributed by atoms with E-state index in [1.54, 1.807) is 4.68 Å². The number of hydrogen-bond donors (Lipinski definition) is 1. The summed E-state index contributed by atoms with van der Waals surface area (Å²) in [6.07, 6.45) is 3.57. The number of ether oxygens (including phenoxy) is 2. The number of nitrogens with zero attached hydrogens (tertiary/aromatic N) is 3. The third-order valence-corrected chi connectivity index (χ3v) is 2.95. The summed E-state index contributed by atoms with van der Waals surface area (Å²) in [7, 11) is 1.83. The van der Waals surface area contributed by atoms with Gasteiger partial charge in [0, 0.05) is 13.1 Å². The molecule has 6 heteroatoms. The molecule has 0 fully saturated rings. The van der Waals surface area contributed by atoms with Gasteiger partial charge in [0.05, 0.1) is 12.8 Å². The van der Waals surface area contributed by atoms with Crippen LogP contribution in [0.5, 0.6) is 11.5 Å². The van der Waals surface area contributed by atoms with Gasteiger partial charge in [-0.1, -0.05) is 18.2 Å². The Labute approximate surface area is 124 Å². The van der Waals surface area contributed by atoms with Gasteiger partial charge in [0.15, 0.2) is 0 Å². The minimum atomic E-state index is 0.378. The van der Waals surface area contributed by atoms with Crippen LogP contribution in [0.3, 0.4) is 0 Å². The molecule has 1 heterocycles. The molecule has 0 aliphatic rings. The molecule has 21 heavy (non-hydrogen) atoms. The van der Waals surface area contributed by atoms with Crippen LogP contribution < -0.4 is 15.2 Å². The van der Waals surface area contributed by atoms with Gasteiger partial charge in [-0.3, -0.25) is 4.68 Å². The van der Waals surface area contributed by atoms with Gasteiger partial charge in [-0.05, 0) is 31.0 Å². The highest BCUT2D eigenvalue weighted by Crippen LogP contribution is 2.26. The summed E-state index contributed by atoms with van der Waals surface area (Å²) in [6.45, 7) is 3.73. The zero-order valence-electron chi connectivity index (χ0n) is 12.6. The molecule has 1 aromatic carbocycles. The van der Waals surface area contributed by atoms with Crippen molar-refractivity contribution in [1.82, 2.24) is 15.0 Å². The molecule has 2 rings (SSSR count). The minimum Gasteiger partial charge on any atom is -0.493 e. The smallest absolute Gasteiger partial charge is 0.134 e. The fourth-order valence-electron chi connectivity index (χ4n) is 1.95. The van der Waals surface area contributed by atoms with Crippen molar-refractivity contribution < 1.29 is 9.47 Å². The Bertz CT molecular complexity index is 569. The van der Waals surface area contributed by atoms with Crippen molar-refractivity contribution >= 4 is 0 Å². The van der Waals surface area contributed by atoms with E-state index >= 15 is 0 Å². The van der Waals surface area contributed by atoms with Crippen LogP contribution in [0, 0.1) is 0 Å². The van der Waals surface area contributed by atoms with Gasteiger partial charge >= 0.3 is 0 Å². The number of hydrogen-bond acceptors (Lipinski definition) is 5. The van der Waals surface area contributed by atoms with Gasteiger partial charge in [0.25, 0.3) is 0 Å². The van der Waals surface area contributed by atoms with Crippen molar-refractivity contribution in [1.29, 1.82) is 0 Å². The third kappa shape index (κ3) is 4.46. The van der Waals surface area contributed by atoms with E-state index in [9.17, 15) is 0 Å².